The summed E-state index contributed by atoms with van der Waals surface area (Å²) in [5, 5.41) is 3.18. The van der Waals surface area contributed by atoms with Gasteiger partial charge >= 0.3 is 0 Å². The van der Waals surface area contributed by atoms with Crippen molar-refractivity contribution in [1.29, 1.82) is 0 Å². The van der Waals surface area contributed by atoms with Crippen LogP contribution in [0.2, 0.25) is 0 Å². The van der Waals surface area contributed by atoms with Gasteiger partial charge in [0, 0.05) is 17.5 Å². The van der Waals surface area contributed by atoms with Crippen molar-refractivity contribution in [3.63, 3.8) is 0 Å². The molecule has 138 valence electrons. The highest BCUT2D eigenvalue weighted by Gasteiger charge is 2.34. The molecule has 4 heteroatoms. The van der Waals surface area contributed by atoms with Crippen LogP contribution in [0.3, 0.4) is 0 Å². The molecule has 0 fully saturated rings. The predicted molar refractivity (Wildman–Crippen MR) is 103 cm³/mol. The first kappa shape index (κ1) is 18.3. The molecule has 0 unspecified atom stereocenters. The van der Waals surface area contributed by atoms with E-state index in [9.17, 15) is 4.79 Å². The lowest BCUT2D eigenvalue weighted by atomic mass is 9.88. The summed E-state index contributed by atoms with van der Waals surface area (Å²) in [6.45, 7) is 8.90. The Morgan fingerprint density at radius 3 is 2.65 bits per heavy atom. The van der Waals surface area contributed by atoms with Crippen molar-refractivity contribution >= 4 is 5.91 Å². The second-order valence-corrected chi connectivity index (χ2v) is 7.51. The first-order valence-electron chi connectivity index (χ1n) is 9.21. The Bertz CT molecular complexity index is 780. The second kappa shape index (κ2) is 7.40. The first-order chi connectivity index (χ1) is 12.4. The minimum atomic E-state index is -0.321. The number of carbonyl (C=O) groups is 1. The summed E-state index contributed by atoms with van der Waals surface area (Å²) >= 11 is 0. The maximum Gasteiger partial charge on any atom is 0.251 e. The Kier molecular flexibility index (Phi) is 5.21. The van der Waals surface area contributed by atoms with E-state index in [0.717, 1.165) is 35.5 Å². The Labute approximate surface area is 155 Å². The Balaban J connectivity index is 1.77. The molecule has 4 nitrogen and oxygen atoms in total. The van der Waals surface area contributed by atoms with Crippen molar-refractivity contribution in [3.05, 3.63) is 59.2 Å². The Morgan fingerprint density at radius 2 is 1.96 bits per heavy atom. The van der Waals surface area contributed by atoms with E-state index in [2.05, 4.69) is 32.2 Å². The summed E-state index contributed by atoms with van der Waals surface area (Å²) in [4.78, 5) is 12.8. The van der Waals surface area contributed by atoms with Crippen LogP contribution < -0.4 is 14.8 Å². The number of benzene rings is 2. The molecule has 0 spiro atoms. The fourth-order valence-electron chi connectivity index (χ4n) is 3.27. The third-order valence-corrected chi connectivity index (χ3v) is 4.52. The van der Waals surface area contributed by atoms with Gasteiger partial charge in [-0.2, -0.15) is 0 Å². The molecule has 0 aromatic heterocycles. The molecular formula is C22H27NO3. The normalized spacial score (nSPS) is 17.8. The van der Waals surface area contributed by atoms with Crippen LogP contribution in [0.4, 0.5) is 0 Å². The lowest BCUT2D eigenvalue weighted by Crippen LogP contribution is -2.41. The molecule has 26 heavy (non-hydrogen) atoms. The van der Waals surface area contributed by atoms with Crippen molar-refractivity contribution in [3.8, 4) is 11.5 Å². The fraction of sp³-hybridized carbons (Fsp3) is 0.409. The zero-order chi connectivity index (χ0) is 18.7. The van der Waals surface area contributed by atoms with E-state index in [1.54, 1.807) is 0 Å². The van der Waals surface area contributed by atoms with Crippen molar-refractivity contribution in [2.45, 2.75) is 52.2 Å². The second-order valence-electron chi connectivity index (χ2n) is 7.51. The molecule has 1 atom stereocenters. The van der Waals surface area contributed by atoms with Gasteiger partial charge in [0.25, 0.3) is 5.91 Å². The van der Waals surface area contributed by atoms with Crippen LogP contribution in [0.5, 0.6) is 11.5 Å². The predicted octanol–water partition coefficient (Wildman–Crippen LogP) is 4.82. The zero-order valence-corrected chi connectivity index (χ0v) is 16.0. The molecule has 1 aliphatic heterocycles. The topological polar surface area (TPSA) is 47.6 Å². The number of carbonyl (C=O) groups excluding carboxylic acids is 1. The molecule has 0 saturated heterocycles. The van der Waals surface area contributed by atoms with E-state index in [0.29, 0.717) is 12.2 Å². The van der Waals surface area contributed by atoms with Crippen molar-refractivity contribution in [1.82, 2.24) is 5.32 Å². The SMILES string of the molecule is CCCOc1ccc(C(=O)N[C@H]2CC(C)(C)Oc3ccc(C)cc32)cc1. The van der Waals surface area contributed by atoms with Gasteiger partial charge in [-0.25, -0.2) is 0 Å². The van der Waals surface area contributed by atoms with Gasteiger partial charge in [-0.1, -0.05) is 24.6 Å². The molecule has 2 aromatic carbocycles. The van der Waals surface area contributed by atoms with Crippen LogP contribution in [-0.2, 0) is 0 Å². The maximum absolute atomic E-state index is 12.8. The van der Waals surface area contributed by atoms with Gasteiger partial charge in [0.2, 0.25) is 0 Å². The molecule has 1 N–H and O–H groups in total. The number of amides is 1. The zero-order valence-electron chi connectivity index (χ0n) is 16.0. The van der Waals surface area contributed by atoms with E-state index in [1.165, 1.54) is 0 Å². The maximum atomic E-state index is 12.8. The van der Waals surface area contributed by atoms with E-state index in [1.807, 2.05) is 43.3 Å². The van der Waals surface area contributed by atoms with Gasteiger partial charge in [-0.3, -0.25) is 4.79 Å². The molecule has 0 aliphatic carbocycles. The van der Waals surface area contributed by atoms with E-state index in [4.69, 9.17) is 9.47 Å². The summed E-state index contributed by atoms with van der Waals surface area (Å²) in [6, 6.07) is 13.4. The smallest absolute Gasteiger partial charge is 0.251 e. The third-order valence-electron chi connectivity index (χ3n) is 4.52. The van der Waals surface area contributed by atoms with E-state index >= 15 is 0 Å². The highest BCUT2D eigenvalue weighted by molar-refractivity contribution is 5.94. The van der Waals surface area contributed by atoms with Crippen LogP contribution in [-0.4, -0.2) is 18.1 Å². The van der Waals surface area contributed by atoms with Gasteiger partial charge in [-0.15, -0.1) is 0 Å². The minimum Gasteiger partial charge on any atom is -0.494 e. The van der Waals surface area contributed by atoms with Crippen LogP contribution in [0, 0.1) is 6.92 Å². The van der Waals surface area contributed by atoms with Gasteiger partial charge in [0.1, 0.15) is 17.1 Å². The molecule has 3 rings (SSSR count). The molecule has 1 amide bonds. The summed E-state index contributed by atoms with van der Waals surface area (Å²) in [6.07, 6.45) is 1.69. The quantitative estimate of drug-likeness (QED) is 0.838. The molecule has 0 radical (unpaired) electrons. The van der Waals surface area contributed by atoms with Gasteiger partial charge in [0.05, 0.1) is 12.6 Å². The highest BCUT2D eigenvalue weighted by Crippen LogP contribution is 2.40. The average molecular weight is 353 g/mol. The summed E-state index contributed by atoms with van der Waals surface area (Å²) in [5.41, 5.74) is 2.51. The Morgan fingerprint density at radius 1 is 1.23 bits per heavy atom. The number of aryl methyl sites for hydroxylation is 1. The lowest BCUT2D eigenvalue weighted by molar-refractivity contribution is 0.0619. The lowest BCUT2D eigenvalue weighted by Gasteiger charge is -2.38. The number of ether oxygens (including phenoxy) is 2. The molecule has 1 aliphatic rings. The number of fused-ring (bicyclic) bond motifs is 1. The standard InChI is InChI=1S/C22H27NO3/c1-5-12-25-17-9-7-16(8-10-17)21(24)23-19-14-22(3,4)26-20-11-6-15(2)13-18(19)20/h6-11,13,19H,5,12,14H2,1-4H3,(H,23,24)/t19-/m0/s1. The average Bonchev–Trinajstić information content (AvgIpc) is 2.60. The van der Waals surface area contributed by atoms with Gasteiger partial charge < -0.3 is 14.8 Å². The number of rotatable bonds is 5. The van der Waals surface area contributed by atoms with Crippen molar-refractivity contribution < 1.29 is 14.3 Å². The summed E-state index contributed by atoms with van der Waals surface area (Å²) in [5.74, 6) is 1.55. The van der Waals surface area contributed by atoms with Gasteiger partial charge in [-0.05, 0) is 57.5 Å². The summed E-state index contributed by atoms with van der Waals surface area (Å²) in [7, 11) is 0. The van der Waals surface area contributed by atoms with E-state index < -0.39 is 0 Å². The highest BCUT2D eigenvalue weighted by atomic mass is 16.5. The largest absolute Gasteiger partial charge is 0.494 e. The monoisotopic (exact) mass is 353 g/mol. The van der Waals surface area contributed by atoms with Crippen molar-refractivity contribution in [2.24, 2.45) is 0 Å². The molecule has 0 bridgehead atoms. The summed E-state index contributed by atoms with van der Waals surface area (Å²) < 4.78 is 11.7. The molecule has 0 saturated carbocycles. The van der Waals surface area contributed by atoms with Crippen molar-refractivity contribution in [2.75, 3.05) is 6.61 Å². The molecule has 2 aromatic rings. The van der Waals surface area contributed by atoms with Crippen LogP contribution in [0.1, 0.15) is 61.1 Å². The molecule has 1 heterocycles. The fourth-order valence-corrected chi connectivity index (χ4v) is 3.27. The van der Waals surface area contributed by atoms with Crippen LogP contribution in [0.15, 0.2) is 42.5 Å². The number of hydrogen-bond donors (Lipinski definition) is 1. The van der Waals surface area contributed by atoms with Gasteiger partial charge in [0.15, 0.2) is 0 Å². The van der Waals surface area contributed by atoms with E-state index in [-0.39, 0.29) is 17.6 Å². The van der Waals surface area contributed by atoms with Crippen LogP contribution in [0.25, 0.3) is 0 Å². The Hall–Kier alpha value is -2.49. The third kappa shape index (κ3) is 4.18. The first-order valence-corrected chi connectivity index (χ1v) is 9.21. The van der Waals surface area contributed by atoms with Crippen LogP contribution >= 0.6 is 0 Å². The minimum absolute atomic E-state index is 0.0721. The molecular weight excluding hydrogens is 326 g/mol. The number of hydrogen-bond acceptors (Lipinski definition) is 3. The number of nitrogens with one attached hydrogen (secondary N) is 1.